The summed E-state index contributed by atoms with van der Waals surface area (Å²) in [7, 11) is 0. The van der Waals surface area contributed by atoms with E-state index in [0.717, 1.165) is 0 Å². The van der Waals surface area contributed by atoms with Crippen molar-refractivity contribution in [1.29, 1.82) is 0 Å². The maximum absolute atomic E-state index is 11.8. The maximum atomic E-state index is 11.8. The van der Waals surface area contributed by atoms with Crippen molar-refractivity contribution in [2.24, 2.45) is 5.41 Å². The zero-order chi connectivity index (χ0) is 19.9. The van der Waals surface area contributed by atoms with Crippen LogP contribution in [0.3, 0.4) is 0 Å². The van der Waals surface area contributed by atoms with Gasteiger partial charge in [0.2, 0.25) is 8.77 Å². The first-order valence-corrected chi connectivity index (χ1v) is 11.0. The van der Waals surface area contributed by atoms with Crippen LogP contribution in [0.15, 0.2) is 0 Å². The van der Waals surface area contributed by atoms with Crippen molar-refractivity contribution in [3.63, 3.8) is 0 Å². The summed E-state index contributed by atoms with van der Waals surface area (Å²) < 4.78 is 21.8. The van der Waals surface area contributed by atoms with E-state index in [1.807, 2.05) is 13.8 Å². The van der Waals surface area contributed by atoms with Crippen LogP contribution in [0.1, 0.15) is 13.8 Å². The van der Waals surface area contributed by atoms with Gasteiger partial charge >= 0.3 is 12.2 Å². The molecule has 0 radical (unpaired) electrons. The molecule has 152 valence electrons. The van der Waals surface area contributed by atoms with Crippen LogP contribution in [0, 0.1) is 5.41 Å². The molecule has 8 nitrogen and oxygen atoms in total. The minimum absolute atomic E-state index is 0.148. The molecule has 0 spiro atoms. The van der Waals surface area contributed by atoms with Crippen molar-refractivity contribution in [3.05, 3.63) is 0 Å². The van der Waals surface area contributed by atoms with Gasteiger partial charge in [0, 0.05) is 24.6 Å². The lowest BCUT2D eigenvalue weighted by Crippen LogP contribution is -2.43. The molecular weight excluding hydrogens is 432 g/mol. The Labute approximate surface area is 177 Å². The average molecular weight is 455 g/mol. The lowest BCUT2D eigenvalue weighted by Gasteiger charge is -2.25. The van der Waals surface area contributed by atoms with Gasteiger partial charge in [0.1, 0.15) is 25.4 Å². The number of amides is 2. The van der Waals surface area contributed by atoms with Gasteiger partial charge in [-0.25, -0.2) is 9.59 Å². The van der Waals surface area contributed by atoms with E-state index in [9.17, 15) is 9.59 Å². The summed E-state index contributed by atoms with van der Waals surface area (Å²) in [5.41, 5.74) is -0.388. The first-order chi connectivity index (χ1) is 12.7. The molecule has 2 rings (SSSR count). The topological polar surface area (TPSA) is 95.1 Å². The smallest absolute Gasteiger partial charge is 0.407 e. The largest absolute Gasteiger partial charge is 0.471 e. The van der Waals surface area contributed by atoms with Crippen LogP contribution in [0.4, 0.5) is 9.59 Å². The summed E-state index contributed by atoms with van der Waals surface area (Å²) in [6, 6.07) is 0. The number of thioether (sulfide) groups is 2. The predicted octanol–water partition coefficient (Wildman–Crippen LogP) is 2.30. The fraction of sp³-hybridized carbons (Fsp3) is 0.733. The Morgan fingerprint density at radius 1 is 1.00 bits per heavy atom. The van der Waals surface area contributed by atoms with Gasteiger partial charge in [0.05, 0.1) is 0 Å². The lowest BCUT2D eigenvalue weighted by molar-refractivity contribution is 0.0886. The van der Waals surface area contributed by atoms with Crippen LogP contribution < -0.4 is 10.6 Å². The molecule has 2 aliphatic rings. The van der Waals surface area contributed by atoms with Crippen LogP contribution in [0.2, 0.25) is 0 Å². The zero-order valence-corrected chi connectivity index (χ0v) is 18.2. The second kappa shape index (κ2) is 10.5. The van der Waals surface area contributed by atoms with E-state index < -0.39 is 12.2 Å². The van der Waals surface area contributed by atoms with Crippen LogP contribution in [-0.4, -0.2) is 71.0 Å². The molecule has 2 aliphatic heterocycles. The Morgan fingerprint density at radius 2 is 1.41 bits per heavy atom. The molecular formula is C15H22N2O6S4. The zero-order valence-electron chi connectivity index (χ0n) is 15.0. The van der Waals surface area contributed by atoms with Crippen LogP contribution >= 0.6 is 48.0 Å². The predicted molar refractivity (Wildman–Crippen MR) is 112 cm³/mol. The molecule has 0 aromatic heterocycles. The number of hydrogen-bond donors (Lipinski definition) is 2. The number of thiocarbonyl (C=S) groups is 2. The average Bonchev–Trinajstić information content (AvgIpc) is 3.22. The van der Waals surface area contributed by atoms with Crippen LogP contribution in [0.5, 0.6) is 0 Å². The molecule has 27 heavy (non-hydrogen) atoms. The highest BCUT2D eigenvalue weighted by Crippen LogP contribution is 2.21. The van der Waals surface area contributed by atoms with Crippen molar-refractivity contribution in [2.45, 2.75) is 26.1 Å². The van der Waals surface area contributed by atoms with E-state index >= 15 is 0 Å². The van der Waals surface area contributed by atoms with Crippen molar-refractivity contribution >= 4 is 68.9 Å². The summed E-state index contributed by atoms with van der Waals surface area (Å²) in [5, 5.41) is 5.36. The second-order valence-electron chi connectivity index (χ2n) is 6.67. The van der Waals surface area contributed by atoms with Gasteiger partial charge in [0.25, 0.3) is 0 Å². The van der Waals surface area contributed by atoms with Crippen molar-refractivity contribution < 1.29 is 28.5 Å². The highest BCUT2D eigenvalue weighted by Gasteiger charge is 2.25. The third-order valence-electron chi connectivity index (χ3n) is 3.52. The molecule has 0 aromatic carbocycles. The summed E-state index contributed by atoms with van der Waals surface area (Å²) in [4.78, 5) is 23.6. The summed E-state index contributed by atoms with van der Waals surface area (Å²) in [5.74, 6) is 1.36. The molecule has 0 aromatic rings. The van der Waals surface area contributed by atoms with Gasteiger partial charge < -0.3 is 29.6 Å². The molecule has 2 amide bonds. The first-order valence-electron chi connectivity index (χ1n) is 8.21. The van der Waals surface area contributed by atoms with E-state index in [2.05, 4.69) is 10.6 Å². The van der Waals surface area contributed by atoms with Crippen molar-refractivity contribution in [2.75, 3.05) is 37.8 Å². The van der Waals surface area contributed by atoms with E-state index in [-0.39, 0.29) is 30.8 Å². The minimum Gasteiger partial charge on any atom is -0.471 e. The molecule has 0 bridgehead atoms. The summed E-state index contributed by atoms with van der Waals surface area (Å²) >= 11 is 12.7. The molecule has 2 heterocycles. The Balaban J connectivity index is 1.56. The Hall–Kier alpha value is -0.980. The van der Waals surface area contributed by atoms with Crippen LogP contribution in [0.25, 0.3) is 0 Å². The molecule has 2 saturated heterocycles. The molecule has 2 atom stereocenters. The second-order valence-corrected chi connectivity index (χ2v) is 9.91. The Morgan fingerprint density at radius 3 is 1.74 bits per heavy atom. The van der Waals surface area contributed by atoms with Gasteiger partial charge in [-0.3, -0.25) is 0 Å². The number of carbonyl (C=O) groups excluding carboxylic acids is 2. The fourth-order valence-corrected chi connectivity index (χ4v) is 4.08. The monoisotopic (exact) mass is 454 g/mol. The molecule has 2 unspecified atom stereocenters. The van der Waals surface area contributed by atoms with Gasteiger partial charge in [-0.05, 0) is 29.9 Å². The molecule has 12 heteroatoms. The van der Waals surface area contributed by atoms with E-state index in [0.29, 0.717) is 33.4 Å². The highest BCUT2D eigenvalue weighted by molar-refractivity contribution is 8.23. The lowest BCUT2D eigenvalue weighted by atomic mass is 9.93. The Bertz CT molecular complexity index is 541. The summed E-state index contributed by atoms with van der Waals surface area (Å²) in [6.45, 7) is 4.74. The molecule has 0 aliphatic carbocycles. The van der Waals surface area contributed by atoms with Crippen molar-refractivity contribution in [1.82, 2.24) is 10.6 Å². The number of hydrogen-bond acceptors (Lipinski definition) is 10. The van der Waals surface area contributed by atoms with E-state index in [1.165, 1.54) is 23.5 Å². The number of nitrogens with one attached hydrogen (secondary N) is 2. The number of alkyl carbamates (subject to hydrolysis) is 2. The first kappa shape index (κ1) is 22.3. The van der Waals surface area contributed by atoms with E-state index in [1.54, 1.807) is 0 Å². The molecule has 0 saturated carbocycles. The van der Waals surface area contributed by atoms with Crippen molar-refractivity contribution in [3.8, 4) is 0 Å². The number of ether oxygens (including phenoxy) is 4. The SMILES string of the molecule is CC(C)(CNC(=O)OCC1CSC(=S)O1)CNC(=O)OCC1CSC(=S)O1. The van der Waals surface area contributed by atoms with Gasteiger partial charge in [-0.1, -0.05) is 37.4 Å². The minimum atomic E-state index is -0.538. The van der Waals surface area contributed by atoms with Crippen LogP contribution in [-0.2, 0) is 18.9 Å². The fourth-order valence-electron chi connectivity index (χ4n) is 2.02. The standard InChI is InChI=1S/C15H22N2O6S4/c1-15(2,7-16-11(18)20-3-9-5-26-13(24)22-9)8-17-12(19)21-4-10-6-27-14(25)23-10/h9-10H,3-8H2,1-2H3,(H,16,18)(H,17,19). The molecule has 2 fully saturated rings. The Kier molecular flexibility index (Phi) is 8.70. The summed E-state index contributed by atoms with van der Waals surface area (Å²) in [6.07, 6.45) is -1.48. The highest BCUT2D eigenvalue weighted by atomic mass is 32.2. The van der Waals surface area contributed by atoms with Gasteiger partial charge in [-0.2, -0.15) is 0 Å². The quantitative estimate of drug-likeness (QED) is 0.532. The van der Waals surface area contributed by atoms with Gasteiger partial charge in [-0.15, -0.1) is 0 Å². The van der Waals surface area contributed by atoms with E-state index in [4.69, 9.17) is 43.4 Å². The maximum Gasteiger partial charge on any atom is 0.407 e. The number of rotatable bonds is 8. The third-order valence-corrected chi connectivity index (χ3v) is 6.16. The normalized spacial score (nSPS) is 22.0. The van der Waals surface area contributed by atoms with Gasteiger partial charge in [0.15, 0.2) is 0 Å². The third kappa shape index (κ3) is 8.71. The number of carbonyl (C=O) groups is 2. The molecule has 2 N–H and O–H groups in total.